The van der Waals surface area contributed by atoms with Crippen molar-refractivity contribution in [2.45, 2.75) is 98.8 Å². The largest absolute Gasteiger partial charge is 0.0984 e. The van der Waals surface area contributed by atoms with E-state index in [2.05, 4.69) is 317 Å². The lowest BCUT2D eigenvalue weighted by atomic mass is 9.67. The molecule has 2 aliphatic rings. The molecule has 434 valence electrons. The van der Waals surface area contributed by atoms with Crippen LogP contribution in [0.15, 0.2) is 309 Å². The summed E-state index contributed by atoms with van der Waals surface area (Å²) in [5.74, 6) is 0.709. The number of aryl methyl sites for hydroxylation is 5. The Balaban J connectivity index is 0.000000167. The minimum absolute atomic E-state index is 0.448. The van der Waals surface area contributed by atoms with Crippen LogP contribution in [0.5, 0.6) is 0 Å². The van der Waals surface area contributed by atoms with Gasteiger partial charge in [0.15, 0.2) is 0 Å². The van der Waals surface area contributed by atoms with Gasteiger partial charge in [0.1, 0.15) is 0 Å². The Labute approximate surface area is 521 Å². The highest BCUT2D eigenvalue weighted by molar-refractivity contribution is 6.05. The van der Waals surface area contributed by atoms with Gasteiger partial charge in [0, 0.05) is 0 Å². The van der Waals surface area contributed by atoms with Crippen molar-refractivity contribution < 1.29 is 0 Å². The first-order valence-electron chi connectivity index (χ1n) is 31.4. The summed E-state index contributed by atoms with van der Waals surface area (Å²) in [6.45, 7) is 21.5. The van der Waals surface area contributed by atoms with Crippen molar-refractivity contribution in [3.05, 3.63) is 376 Å². The Morgan fingerprint density at radius 3 is 1.44 bits per heavy atom. The van der Waals surface area contributed by atoms with Crippen molar-refractivity contribution in [3.63, 3.8) is 0 Å². The Morgan fingerprint density at radius 2 is 0.943 bits per heavy atom. The Kier molecular flexibility index (Phi) is 21.9. The van der Waals surface area contributed by atoms with E-state index in [1.54, 1.807) is 0 Å². The van der Waals surface area contributed by atoms with E-state index in [1.165, 1.54) is 135 Å². The van der Waals surface area contributed by atoms with Crippen molar-refractivity contribution in [1.29, 1.82) is 0 Å². The second-order valence-electron chi connectivity index (χ2n) is 23.1. The molecule has 0 radical (unpaired) electrons. The minimum Gasteiger partial charge on any atom is -0.0984 e. The quantitative estimate of drug-likeness (QED) is 0.120. The predicted octanol–water partition coefficient (Wildman–Crippen LogP) is 24.0. The number of rotatable bonds is 10. The van der Waals surface area contributed by atoms with E-state index >= 15 is 0 Å². The van der Waals surface area contributed by atoms with Crippen molar-refractivity contribution in [2.75, 3.05) is 0 Å². The maximum atomic E-state index is 4.03. The molecule has 0 nitrogen and oxygen atoms in total. The number of allylic oxidation sites excluding steroid dienone is 7. The van der Waals surface area contributed by atoms with Crippen molar-refractivity contribution in [2.24, 2.45) is 0 Å². The van der Waals surface area contributed by atoms with Crippen molar-refractivity contribution >= 4 is 16.3 Å². The van der Waals surface area contributed by atoms with Crippen molar-refractivity contribution in [3.8, 4) is 33.4 Å². The zero-order valence-electron chi connectivity index (χ0n) is 52.6. The fraction of sp³-hybridized carbons (Fsp3) is 0.172. The first-order chi connectivity index (χ1) is 42.6. The average Bonchev–Trinajstić information content (AvgIpc) is 1.55. The second-order valence-corrected chi connectivity index (χ2v) is 23.1. The molecule has 0 saturated heterocycles. The Morgan fingerprint density at radius 1 is 0.460 bits per heavy atom. The molecule has 0 spiro atoms. The molecular formula is C87H86. The van der Waals surface area contributed by atoms with E-state index in [0.29, 0.717) is 5.92 Å². The summed E-state index contributed by atoms with van der Waals surface area (Å²) in [5.41, 5.74) is 26.0. The number of hydrogen-bond acceptors (Lipinski definition) is 0. The maximum Gasteiger partial charge on any atom is 0.0713 e. The van der Waals surface area contributed by atoms with E-state index in [1.807, 2.05) is 42.5 Å². The lowest BCUT2D eigenvalue weighted by Crippen LogP contribution is -2.28. The molecule has 0 bridgehead atoms. The normalized spacial score (nSPS) is 14.0. The molecule has 13 rings (SSSR count). The smallest absolute Gasteiger partial charge is 0.0713 e. The van der Waals surface area contributed by atoms with Gasteiger partial charge in [0.2, 0.25) is 0 Å². The monoisotopic (exact) mass is 1130 g/mol. The predicted molar refractivity (Wildman–Crippen MR) is 379 cm³/mol. The van der Waals surface area contributed by atoms with E-state index in [-0.39, 0.29) is 0 Å². The van der Waals surface area contributed by atoms with Gasteiger partial charge < -0.3 is 0 Å². The molecule has 0 amide bonds. The lowest BCUT2D eigenvalue weighted by Gasteiger charge is -2.34. The van der Waals surface area contributed by atoms with Crippen LogP contribution in [0.1, 0.15) is 120 Å². The molecule has 87 heavy (non-hydrogen) atoms. The SMILES string of the molecule is C=C/C1=C(\C=C/C)C/C=C/Cc2cc(CCC)ccc21.CCC(C)c1ccccc1.Cc1ccc2c(c1)C(c1ccc(-c3ccccc3)cc1)(c1ccc(-c3ccccc3)cc1)c1cc(C)c3ccccc3c1-2.Cc1ccccc1.Cc1ccccc1. The fourth-order valence-corrected chi connectivity index (χ4v) is 12.3. The number of benzene rings is 11. The van der Waals surface area contributed by atoms with Gasteiger partial charge in [-0.15, -0.1) is 0 Å². The van der Waals surface area contributed by atoms with Crippen LogP contribution in [0.2, 0.25) is 0 Å². The van der Waals surface area contributed by atoms with Crippen molar-refractivity contribution in [1.82, 2.24) is 0 Å². The zero-order chi connectivity index (χ0) is 61.0. The molecule has 11 aromatic carbocycles. The van der Waals surface area contributed by atoms with Crippen LogP contribution in [-0.2, 0) is 18.3 Å². The molecule has 0 N–H and O–H groups in total. The summed E-state index contributed by atoms with van der Waals surface area (Å²) in [6, 6.07) is 96.5. The summed E-state index contributed by atoms with van der Waals surface area (Å²) in [5, 5.41) is 2.65. The number of hydrogen-bond donors (Lipinski definition) is 0. The maximum absolute atomic E-state index is 4.03. The highest BCUT2D eigenvalue weighted by Gasteiger charge is 2.47. The molecule has 0 aliphatic heterocycles. The van der Waals surface area contributed by atoms with Crippen LogP contribution < -0.4 is 0 Å². The molecule has 0 heteroatoms. The van der Waals surface area contributed by atoms with Gasteiger partial charge in [-0.3, -0.25) is 0 Å². The van der Waals surface area contributed by atoms with Crippen LogP contribution in [0.25, 0.3) is 49.7 Å². The molecular weight excluding hydrogens is 1040 g/mol. The molecule has 1 atom stereocenters. The van der Waals surface area contributed by atoms with Gasteiger partial charge >= 0.3 is 0 Å². The van der Waals surface area contributed by atoms with Crippen LogP contribution >= 0.6 is 0 Å². The molecule has 0 saturated carbocycles. The van der Waals surface area contributed by atoms with Gasteiger partial charge in [-0.1, -0.05) is 348 Å². The first-order valence-corrected chi connectivity index (χ1v) is 31.4. The summed E-state index contributed by atoms with van der Waals surface area (Å²) < 4.78 is 0. The van der Waals surface area contributed by atoms with Crippen LogP contribution in [-0.4, -0.2) is 0 Å². The number of fused-ring (bicyclic) bond motifs is 6. The molecule has 11 aromatic rings. The molecule has 0 fully saturated rings. The van der Waals surface area contributed by atoms with Crippen LogP contribution in [0.4, 0.5) is 0 Å². The van der Waals surface area contributed by atoms with Crippen LogP contribution in [0, 0.1) is 27.7 Å². The summed E-state index contributed by atoms with van der Waals surface area (Å²) >= 11 is 0. The summed E-state index contributed by atoms with van der Waals surface area (Å²) in [4.78, 5) is 0. The second kappa shape index (κ2) is 30.6. The van der Waals surface area contributed by atoms with Gasteiger partial charge in [0.05, 0.1) is 5.41 Å². The third kappa shape index (κ3) is 15.0. The van der Waals surface area contributed by atoms with Gasteiger partial charge in [0.25, 0.3) is 0 Å². The third-order valence-corrected chi connectivity index (χ3v) is 17.0. The third-order valence-electron chi connectivity index (χ3n) is 17.0. The Bertz CT molecular complexity index is 3930. The van der Waals surface area contributed by atoms with E-state index in [9.17, 15) is 0 Å². The first kappa shape index (κ1) is 62.2. The van der Waals surface area contributed by atoms with Gasteiger partial charge in [-0.2, -0.15) is 0 Å². The highest BCUT2D eigenvalue weighted by Crippen LogP contribution is 2.58. The molecule has 0 aromatic heterocycles. The molecule has 2 aliphatic carbocycles. The van der Waals surface area contributed by atoms with E-state index in [0.717, 1.165) is 19.3 Å². The highest BCUT2D eigenvalue weighted by atomic mass is 14.5. The summed E-state index contributed by atoms with van der Waals surface area (Å²) in [7, 11) is 0. The standard InChI is InChI=1S/C43H32.C20H24.C10H14.2C7H8/c1-29-17-26-39-40(27-29)43(35-22-18-33(19-23-35)31-11-5-3-6-12-31,36-24-20-34(21-25-36)32-13-7-4-8-14-32)41-28-30(2)37-15-9-10-16-38(37)42(39)41;1-4-9-16-13-14-20-18(15-16)12-8-7-11-17(10-5-2)19(20)6-3;1-3-9(2)10-7-5-4-6-8-10;2*1-7-5-3-2-4-6-7/h3-28H,1-2H3;5-8,10,13-15H,3-4,9,11-12H2,1-2H3;4-9H,3H2,1-2H3;2*2-6H,1H3/b;8-7+,10-5-,19-17-;;;. The minimum atomic E-state index is -0.448. The summed E-state index contributed by atoms with van der Waals surface area (Å²) in [6.07, 6.45) is 16.5. The molecule has 0 heterocycles. The Hall–Kier alpha value is -9.36. The van der Waals surface area contributed by atoms with E-state index in [4.69, 9.17) is 0 Å². The lowest BCUT2D eigenvalue weighted by molar-refractivity contribution is 0.733. The van der Waals surface area contributed by atoms with E-state index < -0.39 is 5.41 Å². The average molecular weight is 1130 g/mol. The van der Waals surface area contributed by atoms with Gasteiger partial charge in [-0.05, 0) is 172 Å². The van der Waals surface area contributed by atoms with Crippen LogP contribution in [0.3, 0.4) is 0 Å². The van der Waals surface area contributed by atoms with Gasteiger partial charge in [-0.25, -0.2) is 0 Å². The zero-order valence-corrected chi connectivity index (χ0v) is 52.6. The topological polar surface area (TPSA) is 0 Å². The fourth-order valence-electron chi connectivity index (χ4n) is 12.3. The molecule has 1 unspecified atom stereocenters.